The Kier molecular flexibility index (Phi) is 2.79. The minimum Gasteiger partial charge on any atom is -0.330 e. The van der Waals surface area contributed by atoms with E-state index in [9.17, 15) is 4.39 Å². The minimum atomic E-state index is -0.126. The van der Waals surface area contributed by atoms with Crippen LogP contribution in [0.3, 0.4) is 0 Å². The van der Waals surface area contributed by atoms with Crippen LogP contribution in [0.1, 0.15) is 36.8 Å². The lowest BCUT2D eigenvalue weighted by atomic mass is 9.61. The van der Waals surface area contributed by atoms with E-state index in [1.165, 1.54) is 23.6 Å². The van der Waals surface area contributed by atoms with Crippen molar-refractivity contribution >= 4 is 0 Å². The van der Waals surface area contributed by atoms with Gasteiger partial charge in [0.25, 0.3) is 0 Å². The van der Waals surface area contributed by atoms with Gasteiger partial charge in [0.1, 0.15) is 5.82 Å². The van der Waals surface area contributed by atoms with Crippen LogP contribution < -0.4 is 5.73 Å². The highest BCUT2D eigenvalue weighted by molar-refractivity contribution is 5.35. The Labute approximate surface area is 90.5 Å². The Morgan fingerprint density at radius 1 is 1.40 bits per heavy atom. The molecular weight excluding hydrogens is 189 g/mol. The highest BCUT2D eigenvalue weighted by Gasteiger charge is 2.38. The maximum absolute atomic E-state index is 13.2. The van der Waals surface area contributed by atoms with Crippen LogP contribution in [0.15, 0.2) is 18.2 Å². The first-order valence-electron chi connectivity index (χ1n) is 5.65. The molecule has 82 valence electrons. The molecular formula is C13H18FN. The molecule has 15 heavy (non-hydrogen) atoms. The summed E-state index contributed by atoms with van der Waals surface area (Å²) in [5.41, 5.74) is 8.22. The standard InChI is InChI=1S/C13H18FN/c1-10-3-4-11(14)9-12(10)13(7-8-15)5-2-6-13/h3-4,9H,2,5-8,15H2,1H3. The fraction of sp³-hybridized carbons (Fsp3) is 0.538. The van der Waals surface area contributed by atoms with Gasteiger partial charge in [-0.1, -0.05) is 12.5 Å². The van der Waals surface area contributed by atoms with E-state index in [1.807, 2.05) is 6.07 Å². The summed E-state index contributed by atoms with van der Waals surface area (Å²) in [4.78, 5) is 0. The van der Waals surface area contributed by atoms with Crippen molar-refractivity contribution in [3.05, 3.63) is 35.1 Å². The molecule has 0 atom stereocenters. The zero-order chi connectivity index (χ0) is 10.9. The van der Waals surface area contributed by atoms with Gasteiger partial charge < -0.3 is 5.73 Å². The summed E-state index contributed by atoms with van der Waals surface area (Å²) in [5, 5.41) is 0. The lowest BCUT2D eigenvalue weighted by Crippen LogP contribution is -2.37. The molecule has 2 heteroatoms. The van der Waals surface area contributed by atoms with Crippen LogP contribution in [0, 0.1) is 12.7 Å². The second-order valence-corrected chi connectivity index (χ2v) is 4.63. The molecule has 0 radical (unpaired) electrons. The highest BCUT2D eigenvalue weighted by Crippen LogP contribution is 2.47. The molecule has 1 aromatic carbocycles. The van der Waals surface area contributed by atoms with Gasteiger partial charge in [-0.3, -0.25) is 0 Å². The van der Waals surface area contributed by atoms with Crippen LogP contribution in [0.4, 0.5) is 4.39 Å². The van der Waals surface area contributed by atoms with Crippen LogP contribution in [0.2, 0.25) is 0 Å². The zero-order valence-electron chi connectivity index (χ0n) is 9.22. The maximum atomic E-state index is 13.2. The summed E-state index contributed by atoms with van der Waals surface area (Å²) in [7, 11) is 0. The molecule has 2 rings (SSSR count). The van der Waals surface area contributed by atoms with Gasteiger partial charge in [0.05, 0.1) is 0 Å². The molecule has 1 aliphatic carbocycles. The van der Waals surface area contributed by atoms with Crippen molar-refractivity contribution in [2.75, 3.05) is 6.54 Å². The normalized spacial score (nSPS) is 18.6. The van der Waals surface area contributed by atoms with E-state index >= 15 is 0 Å². The second-order valence-electron chi connectivity index (χ2n) is 4.63. The molecule has 0 aliphatic heterocycles. The largest absolute Gasteiger partial charge is 0.330 e. The van der Waals surface area contributed by atoms with E-state index in [1.54, 1.807) is 6.07 Å². The van der Waals surface area contributed by atoms with Crippen LogP contribution in [-0.2, 0) is 5.41 Å². The highest BCUT2D eigenvalue weighted by atomic mass is 19.1. The van der Waals surface area contributed by atoms with Gasteiger partial charge in [-0.15, -0.1) is 0 Å². The Bertz CT molecular complexity index is 356. The third kappa shape index (κ3) is 1.78. The molecule has 1 nitrogen and oxygen atoms in total. The zero-order valence-corrected chi connectivity index (χ0v) is 9.22. The van der Waals surface area contributed by atoms with Crippen molar-refractivity contribution < 1.29 is 4.39 Å². The summed E-state index contributed by atoms with van der Waals surface area (Å²) < 4.78 is 13.2. The Morgan fingerprint density at radius 3 is 2.67 bits per heavy atom. The molecule has 0 spiro atoms. The lowest BCUT2D eigenvalue weighted by molar-refractivity contribution is 0.227. The number of aryl methyl sites for hydroxylation is 1. The third-order valence-corrected chi connectivity index (χ3v) is 3.70. The molecule has 0 aromatic heterocycles. The average molecular weight is 207 g/mol. The topological polar surface area (TPSA) is 26.0 Å². The number of benzene rings is 1. The number of nitrogens with two attached hydrogens (primary N) is 1. The SMILES string of the molecule is Cc1ccc(F)cc1C1(CCN)CCC1. The monoisotopic (exact) mass is 207 g/mol. The molecule has 2 N–H and O–H groups in total. The fourth-order valence-corrected chi connectivity index (χ4v) is 2.70. The van der Waals surface area contributed by atoms with Gasteiger partial charge in [-0.2, -0.15) is 0 Å². The van der Waals surface area contributed by atoms with Gasteiger partial charge in [-0.05, 0) is 61.4 Å². The summed E-state index contributed by atoms with van der Waals surface area (Å²) >= 11 is 0. The summed E-state index contributed by atoms with van der Waals surface area (Å²) in [6, 6.07) is 5.11. The summed E-state index contributed by atoms with van der Waals surface area (Å²) in [6.07, 6.45) is 4.55. The average Bonchev–Trinajstić information content (AvgIpc) is 2.16. The Balaban J connectivity index is 2.37. The fourth-order valence-electron chi connectivity index (χ4n) is 2.70. The molecule has 1 saturated carbocycles. The van der Waals surface area contributed by atoms with E-state index in [0.29, 0.717) is 6.54 Å². The van der Waals surface area contributed by atoms with E-state index in [2.05, 4.69) is 6.92 Å². The van der Waals surface area contributed by atoms with Gasteiger partial charge in [0.2, 0.25) is 0 Å². The van der Waals surface area contributed by atoms with Gasteiger partial charge >= 0.3 is 0 Å². The van der Waals surface area contributed by atoms with Crippen LogP contribution in [0.25, 0.3) is 0 Å². The minimum absolute atomic E-state index is 0.126. The maximum Gasteiger partial charge on any atom is 0.123 e. The number of hydrogen-bond donors (Lipinski definition) is 1. The van der Waals surface area contributed by atoms with Gasteiger partial charge in [0.15, 0.2) is 0 Å². The molecule has 1 fully saturated rings. The van der Waals surface area contributed by atoms with E-state index in [-0.39, 0.29) is 11.2 Å². The first kappa shape index (κ1) is 10.6. The Hall–Kier alpha value is -0.890. The van der Waals surface area contributed by atoms with E-state index < -0.39 is 0 Å². The second kappa shape index (κ2) is 3.93. The smallest absolute Gasteiger partial charge is 0.123 e. The molecule has 1 aliphatic rings. The van der Waals surface area contributed by atoms with Crippen molar-refractivity contribution in [3.63, 3.8) is 0 Å². The molecule has 1 aromatic rings. The third-order valence-electron chi connectivity index (χ3n) is 3.70. The number of hydrogen-bond acceptors (Lipinski definition) is 1. The van der Waals surface area contributed by atoms with Gasteiger partial charge in [0, 0.05) is 0 Å². The van der Waals surface area contributed by atoms with Crippen LogP contribution >= 0.6 is 0 Å². The quantitative estimate of drug-likeness (QED) is 0.810. The molecule has 0 saturated heterocycles. The van der Waals surface area contributed by atoms with Crippen molar-refractivity contribution in [2.45, 2.75) is 38.0 Å². The van der Waals surface area contributed by atoms with Crippen molar-refractivity contribution in [2.24, 2.45) is 5.73 Å². The molecule has 0 heterocycles. The molecule has 0 unspecified atom stereocenters. The predicted molar refractivity (Wildman–Crippen MR) is 60.3 cm³/mol. The predicted octanol–water partition coefficient (Wildman–Crippen LogP) is 2.90. The summed E-state index contributed by atoms with van der Waals surface area (Å²) in [5.74, 6) is -0.126. The lowest BCUT2D eigenvalue weighted by Gasteiger charge is -2.43. The van der Waals surface area contributed by atoms with Crippen molar-refractivity contribution in [1.82, 2.24) is 0 Å². The summed E-state index contributed by atoms with van der Waals surface area (Å²) in [6.45, 7) is 2.75. The Morgan fingerprint density at radius 2 is 2.13 bits per heavy atom. The molecule has 0 amide bonds. The van der Waals surface area contributed by atoms with E-state index in [4.69, 9.17) is 5.73 Å². The number of rotatable bonds is 3. The van der Waals surface area contributed by atoms with Crippen LogP contribution in [-0.4, -0.2) is 6.54 Å². The number of halogens is 1. The first-order valence-corrected chi connectivity index (χ1v) is 5.65. The first-order chi connectivity index (χ1) is 7.18. The molecule has 0 bridgehead atoms. The van der Waals surface area contributed by atoms with E-state index in [0.717, 1.165) is 19.3 Å². The van der Waals surface area contributed by atoms with Crippen molar-refractivity contribution in [3.8, 4) is 0 Å². The van der Waals surface area contributed by atoms with Crippen molar-refractivity contribution in [1.29, 1.82) is 0 Å². The van der Waals surface area contributed by atoms with Crippen LogP contribution in [0.5, 0.6) is 0 Å². The van der Waals surface area contributed by atoms with Gasteiger partial charge in [-0.25, -0.2) is 4.39 Å².